The van der Waals surface area contributed by atoms with Gasteiger partial charge >= 0.3 is 0 Å². The fourth-order valence-electron chi connectivity index (χ4n) is 2.25. The van der Waals surface area contributed by atoms with Crippen molar-refractivity contribution in [1.82, 2.24) is 9.78 Å². The molecule has 0 saturated carbocycles. The summed E-state index contributed by atoms with van der Waals surface area (Å²) in [5.41, 5.74) is 9.90. The minimum Gasteiger partial charge on any atom is -0.396 e. The first kappa shape index (κ1) is 13.8. The van der Waals surface area contributed by atoms with E-state index in [1.807, 2.05) is 31.2 Å². The first-order chi connectivity index (χ1) is 10.0. The van der Waals surface area contributed by atoms with Crippen molar-refractivity contribution in [2.45, 2.75) is 6.92 Å². The van der Waals surface area contributed by atoms with Crippen LogP contribution in [0.1, 0.15) is 5.56 Å². The van der Waals surface area contributed by atoms with Gasteiger partial charge in [0.25, 0.3) is 0 Å². The number of aryl methyl sites for hydroxylation is 1. The first-order valence-electron chi connectivity index (χ1n) is 6.42. The zero-order valence-electron chi connectivity index (χ0n) is 11.3. The Balaban J connectivity index is 2.09. The van der Waals surface area contributed by atoms with Crippen LogP contribution in [-0.2, 0) is 0 Å². The predicted octanol–water partition coefficient (Wildman–Crippen LogP) is 4.33. The van der Waals surface area contributed by atoms with E-state index in [2.05, 4.69) is 21.0 Å². The summed E-state index contributed by atoms with van der Waals surface area (Å²) in [5, 5.41) is 4.53. The number of nitrogens with two attached hydrogens (primary N) is 1. The van der Waals surface area contributed by atoms with Crippen molar-refractivity contribution >= 4 is 21.6 Å². The highest BCUT2D eigenvalue weighted by Gasteiger charge is 2.11. The lowest BCUT2D eigenvalue weighted by molar-refractivity contribution is 0.625. The maximum absolute atomic E-state index is 13.2. The normalized spacial score (nSPS) is 10.8. The molecule has 0 aliphatic rings. The molecule has 0 amide bonds. The number of nitrogens with zero attached hydrogens (tertiary/aromatic N) is 2. The molecule has 1 heterocycles. The van der Waals surface area contributed by atoms with Crippen LogP contribution in [0.4, 0.5) is 10.1 Å². The molecule has 0 fully saturated rings. The summed E-state index contributed by atoms with van der Waals surface area (Å²) in [5.74, 6) is -0.261. The Kier molecular flexibility index (Phi) is 3.51. The predicted molar refractivity (Wildman–Crippen MR) is 85.8 cm³/mol. The van der Waals surface area contributed by atoms with Crippen molar-refractivity contribution in [3.8, 4) is 16.9 Å². The highest BCUT2D eigenvalue weighted by atomic mass is 79.9. The smallest absolute Gasteiger partial charge is 0.123 e. The molecular formula is C16H13BrFN3. The Morgan fingerprint density at radius 2 is 2.00 bits per heavy atom. The van der Waals surface area contributed by atoms with Crippen molar-refractivity contribution < 1.29 is 4.39 Å². The molecule has 0 unspecified atom stereocenters. The lowest BCUT2D eigenvalue weighted by Gasteiger charge is -2.05. The summed E-state index contributed by atoms with van der Waals surface area (Å²) in [6.07, 6.45) is 1.75. The molecule has 0 saturated heterocycles. The van der Waals surface area contributed by atoms with Crippen LogP contribution in [0.25, 0.3) is 16.9 Å². The van der Waals surface area contributed by atoms with Gasteiger partial charge in [0.1, 0.15) is 11.5 Å². The van der Waals surface area contributed by atoms with E-state index in [1.165, 1.54) is 12.1 Å². The zero-order chi connectivity index (χ0) is 15.0. The van der Waals surface area contributed by atoms with Gasteiger partial charge in [-0.05, 0) is 42.8 Å². The molecule has 2 N–H and O–H groups in total. The summed E-state index contributed by atoms with van der Waals surface area (Å²) in [6.45, 7) is 1.84. The Morgan fingerprint density at radius 1 is 1.19 bits per heavy atom. The van der Waals surface area contributed by atoms with Crippen molar-refractivity contribution in [1.29, 1.82) is 0 Å². The molecule has 0 aliphatic heterocycles. The van der Waals surface area contributed by atoms with E-state index in [-0.39, 0.29) is 5.82 Å². The van der Waals surface area contributed by atoms with E-state index < -0.39 is 0 Å². The number of aromatic nitrogens is 2. The number of nitrogen functional groups attached to an aromatic ring is 1. The Labute approximate surface area is 130 Å². The first-order valence-corrected chi connectivity index (χ1v) is 7.21. The van der Waals surface area contributed by atoms with Crippen LogP contribution in [0.3, 0.4) is 0 Å². The number of rotatable bonds is 2. The highest BCUT2D eigenvalue weighted by Crippen LogP contribution is 2.28. The van der Waals surface area contributed by atoms with E-state index in [9.17, 15) is 4.39 Å². The Bertz CT molecular complexity index is 811. The summed E-state index contributed by atoms with van der Waals surface area (Å²) < 4.78 is 15.8. The average molecular weight is 346 g/mol. The Hall–Kier alpha value is -2.14. The molecule has 0 atom stereocenters. The van der Waals surface area contributed by atoms with Gasteiger partial charge in [0.2, 0.25) is 0 Å². The lowest BCUT2D eigenvalue weighted by atomic mass is 10.1. The number of hydrogen-bond acceptors (Lipinski definition) is 2. The molecule has 3 aromatic rings. The standard InChI is InChI=1S/C16H13BrFN3/c1-10-7-13(18)5-6-15(10)21-9-14(19)16(20-21)11-3-2-4-12(17)8-11/h2-9H,19H2,1H3. The van der Waals surface area contributed by atoms with Crippen molar-refractivity contribution in [2.24, 2.45) is 0 Å². The molecule has 5 heteroatoms. The highest BCUT2D eigenvalue weighted by molar-refractivity contribution is 9.10. The topological polar surface area (TPSA) is 43.8 Å². The van der Waals surface area contributed by atoms with Crippen LogP contribution >= 0.6 is 15.9 Å². The Morgan fingerprint density at radius 3 is 2.71 bits per heavy atom. The molecule has 21 heavy (non-hydrogen) atoms. The summed E-state index contributed by atoms with van der Waals surface area (Å²) >= 11 is 3.44. The van der Waals surface area contributed by atoms with Crippen LogP contribution in [0.5, 0.6) is 0 Å². The minimum atomic E-state index is -0.261. The molecule has 3 rings (SSSR count). The fraction of sp³-hybridized carbons (Fsp3) is 0.0625. The maximum Gasteiger partial charge on any atom is 0.123 e. The number of halogens is 2. The molecule has 0 aliphatic carbocycles. The molecule has 0 spiro atoms. The third-order valence-electron chi connectivity index (χ3n) is 3.25. The van der Waals surface area contributed by atoms with Gasteiger partial charge in [-0.2, -0.15) is 5.10 Å². The van der Waals surface area contributed by atoms with E-state index in [0.29, 0.717) is 11.4 Å². The largest absolute Gasteiger partial charge is 0.396 e. The van der Waals surface area contributed by atoms with Crippen LogP contribution in [-0.4, -0.2) is 9.78 Å². The fourth-order valence-corrected chi connectivity index (χ4v) is 2.65. The summed E-state index contributed by atoms with van der Waals surface area (Å²) in [6, 6.07) is 12.4. The van der Waals surface area contributed by atoms with Crippen LogP contribution < -0.4 is 5.73 Å². The molecule has 2 aromatic carbocycles. The van der Waals surface area contributed by atoms with Crippen LogP contribution in [0.2, 0.25) is 0 Å². The van der Waals surface area contributed by atoms with Crippen molar-refractivity contribution in [3.63, 3.8) is 0 Å². The number of benzene rings is 2. The van der Waals surface area contributed by atoms with Gasteiger partial charge in [-0.3, -0.25) is 0 Å². The van der Waals surface area contributed by atoms with Gasteiger partial charge < -0.3 is 5.73 Å². The molecule has 106 valence electrons. The number of anilines is 1. The molecule has 0 radical (unpaired) electrons. The quantitative estimate of drug-likeness (QED) is 0.751. The van der Waals surface area contributed by atoms with E-state index in [1.54, 1.807) is 16.9 Å². The SMILES string of the molecule is Cc1cc(F)ccc1-n1cc(N)c(-c2cccc(Br)c2)n1. The second kappa shape index (κ2) is 5.33. The second-order valence-corrected chi connectivity index (χ2v) is 5.73. The van der Waals surface area contributed by atoms with Gasteiger partial charge in [-0.15, -0.1) is 0 Å². The van der Waals surface area contributed by atoms with Gasteiger partial charge in [-0.25, -0.2) is 9.07 Å². The molecule has 1 aromatic heterocycles. The van der Waals surface area contributed by atoms with Crippen LogP contribution in [0, 0.1) is 12.7 Å². The van der Waals surface area contributed by atoms with Gasteiger partial charge in [-0.1, -0.05) is 28.1 Å². The summed E-state index contributed by atoms with van der Waals surface area (Å²) in [7, 11) is 0. The minimum absolute atomic E-state index is 0.261. The van der Waals surface area contributed by atoms with Crippen LogP contribution in [0.15, 0.2) is 53.1 Å². The van der Waals surface area contributed by atoms with Crippen molar-refractivity contribution in [2.75, 3.05) is 5.73 Å². The average Bonchev–Trinajstić information content (AvgIpc) is 2.80. The van der Waals surface area contributed by atoms with Gasteiger partial charge in [0, 0.05) is 10.0 Å². The molecular weight excluding hydrogens is 333 g/mol. The monoisotopic (exact) mass is 345 g/mol. The second-order valence-electron chi connectivity index (χ2n) is 4.82. The number of hydrogen-bond donors (Lipinski definition) is 1. The molecule has 3 nitrogen and oxygen atoms in total. The van der Waals surface area contributed by atoms with Crippen molar-refractivity contribution in [3.05, 3.63) is 64.5 Å². The third-order valence-corrected chi connectivity index (χ3v) is 3.74. The van der Waals surface area contributed by atoms with E-state index in [0.717, 1.165) is 21.3 Å². The molecule has 0 bridgehead atoms. The van der Waals surface area contributed by atoms with E-state index in [4.69, 9.17) is 5.73 Å². The summed E-state index contributed by atoms with van der Waals surface area (Å²) in [4.78, 5) is 0. The zero-order valence-corrected chi connectivity index (χ0v) is 12.9. The lowest BCUT2D eigenvalue weighted by Crippen LogP contribution is -1.98. The third kappa shape index (κ3) is 2.69. The maximum atomic E-state index is 13.2. The van der Waals surface area contributed by atoms with Gasteiger partial charge in [0.15, 0.2) is 0 Å². The van der Waals surface area contributed by atoms with Gasteiger partial charge in [0.05, 0.1) is 17.6 Å². The van der Waals surface area contributed by atoms with E-state index >= 15 is 0 Å².